The number of hydrogen-bond donors (Lipinski definition) is 3. The number of phenolic OH excluding ortho intramolecular Hbond substituents is 1. The maximum absolute atomic E-state index is 13.8. The third-order valence-electron chi connectivity index (χ3n) is 7.48. The van der Waals surface area contributed by atoms with Gasteiger partial charge in [-0.05, 0) is 78.6 Å². The molecule has 6 heteroatoms. The molecule has 4 atom stereocenters. The Bertz CT molecular complexity index is 1240. The number of benzene rings is 3. The molecule has 2 heterocycles. The van der Waals surface area contributed by atoms with Crippen LogP contribution < -0.4 is 5.32 Å². The first-order chi connectivity index (χ1) is 17.4. The van der Waals surface area contributed by atoms with Crippen molar-refractivity contribution in [3.63, 3.8) is 0 Å². The number of piperidine rings is 1. The summed E-state index contributed by atoms with van der Waals surface area (Å²) in [5, 5.41) is 11.9. The molecule has 2 aliphatic heterocycles. The van der Waals surface area contributed by atoms with E-state index >= 15 is 0 Å². The van der Waals surface area contributed by atoms with Gasteiger partial charge in [-0.2, -0.15) is 12.6 Å². The number of nitrogens with zero attached hydrogens (tertiary/aromatic N) is 1. The minimum absolute atomic E-state index is 0.0109. The number of rotatable bonds is 5. The fraction of sp³-hybridized carbons (Fsp3) is 0.333. The molecule has 5 nitrogen and oxygen atoms in total. The van der Waals surface area contributed by atoms with E-state index in [0.29, 0.717) is 12.8 Å². The predicted molar refractivity (Wildman–Crippen MR) is 145 cm³/mol. The van der Waals surface area contributed by atoms with Crippen LogP contribution in [0.15, 0.2) is 72.8 Å². The Hall–Kier alpha value is -3.25. The van der Waals surface area contributed by atoms with Crippen molar-refractivity contribution in [2.45, 2.75) is 62.4 Å². The summed E-state index contributed by atoms with van der Waals surface area (Å²) in [5.41, 5.74) is 5.51. The Morgan fingerprint density at radius 2 is 1.81 bits per heavy atom. The first-order valence-corrected chi connectivity index (χ1v) is 13.2. The van der Waals surface area contributed by atoms with Crippen molar-refractivity contribution in [1.82, 2.24) is 10.2 Å². The second-order valence-corrected chi connectivity index (χ2v) is 10.6. The monoisotopic (exact) mass is 500 g/mol. The quantitative estimate of drug-likeness (QED) is 0.428. The molecule has 2 amide bonds. The lowest BCUT2D eigenvalue weighted by Gasteiger charge is -2.41. The molecule has 3 aromatic rings. The number of fused-ring (bicyclic) bond motifs is 3. The van der Waals surface area contributed by atoms with Crippen LogP contribution in [0.2, 0.25) is 0 Å². The summed E-state index contributed by atoms with van der Waals surface area (Å²) < 4.78 is 0. The first kappa shape index (κ1) is 24.4. The maximum atomic E-state index is 13.8. The molecule has 0 bridgehead atoms. The van der Waals surface area contributed by atoms with E-state index in [1.165, 1.54) is 5.56 Å². The molecule has 1 fully saturated rings. The summed E-state index contributed by atoms with van der Waals surface area (Å²) in [6.07, 6.45) is 3.85. The predicted octanol–water partition coefficient (Wildman–Crippen LogP) is 5.08. The number of nitrogens with one attached hydrogen (secondary N) is 1. The highest BCUT2D eigenvalue weighted by molar-refractivity contribution is 7.81. The number of carbonyl (C=O) groups is 2. The smallest absolute Gasteiger partial charge is 0.246 e. The number of hydrogen-bond acceptors (Lipinski definition) is 4. The SMILES string of the molecule is C[C@@H]1CCC[C@@H]2c3cc(-c4ccccc4)ccc3C[C@H](NC(=O)[C@@H](S)Cc3ccc(O)cc3)C(=O)N12. The van der Waals surface area contributed by atoms with Gasteiger partial charge in [0, 0.05) is 12.5 Å². The normalized spacial score (nSPS) is 22.2. The van der Waals surface area contributed by atoms with Crippen LogP contribution in [-0.4, -0.2) is 39.2 Å². The fourth-order valence-corrected chi connectivity index (χ4v) is 5.87. The van der Waals surface area contributed by atoms with Gasteiger partial charge in [0.05, 0.1) is 11.3 Å². The highest BCUT2D eigenvalue weighted by Gasteiger charge is 2.41. The van der Waals surface area contributed by atoms with E-state index in [4.69, 9.17) is 0 Å². The minimum Gasteiger partial charge on any atom is -0.508 e. The Labute approximate surface area is 217 Å². The average molecular weight is 501 g/mol. The lowest BCUT2D eigenvalue weighted by atomic mass is 9.88. The van der Waals surface area contributed by atoms with Gasteiger partial charge in [0.25, 0.3) is 0 Å². The molecule has 0 radical (unpaired) electrons. The van der Waals surface area contributed by atoms with Crippen molar-refractivity contribution in [1.29, 1.82) is 0 Å². The van der Waals surface area contributed by atoms with Crippen LogP contribution in [-0.2, 0) is 22.4 Å². The van der Waals surface area contributed by atoms with Gasteiger partial charge < -0.3 is 15.3 Å². The van der Waals surface area contributed by atoms with Gasteiger partial charge in [-0.3, -0.25) is 9.59 Å². The summed E-state index contributed by atoms with van der Waals surface area (Å²) in [6.45, 7) is 2.11. The number of thiol groups is 1. The molecule has 2 aliphatic rings. The molecule has 0 spiro atoms. The summed E-state index contributed by atoms with van der Waals surface area (Å²) in [6, 6.07) is 23.1. The molecule has 0 unspecified atom stereocenters. The zero-order valence-corrected chi connectivity index (χ0v) is 21.3. The lowest BCUT2D eigenvalue weighted by molar-refractivity contribution is -0.141. The van der Waals surface area contributed by atoms with Crippen LogP contribution in [0.3, 0.4) is 0 Å². The van der Waals surface area contributed by atoms with Gasteiger partial charge >= 0.3 is 0 Å². The lowest BCUT2D eigenvalue weighted by Crippen LogP contribution is -2.54. The average Bonchev–Trinajstić information content (AvgIpc) is 3.00. The molecule has 1 saturated heterocycles. The van der Waals surface area contributed by atoms with E-state index in [0.717, 1.165) is 41.5 Å². The van der Waals surface area contributed by atoms with Crippen LogP contribution in [0.25, 0.3) is 11.1 Å². The minimum atomic E-state index is -0.626. The third kappa shape index (κ3) is 5.00. The molecule has 36 heavy (non-hydrogen) atoms. The highest BCUT2D eigenvalue weighted by atomic mass is 32.1. The number of amides is 2. The number of carbonyl (C=O) groups excluding carboxylic acids is 2. The van der Waals surface area contributed by atoms with Crippen molar-refractivity contribution in [2.75, 3.05) is 0 Å². The molecule has 3 aromatic carbocycles. The highest BCUT2D eigenvalue weighted by Crippen LogP contribution is 2.40. The van der Waals surface area contributed by atoms with Gasteiger partial charge in [0.1, 0.15) is 11.8 Å². The summed E-state index contributed by atoms with van der Waals surface area (Å²) in [4.78, 5) is 29.0. The molecule has 0 saturated carbocycles. The number of phenols is 1. The van der Waals surface area contributed by atoms with E-state index in [1.807, 2.05) is 23.1 Å². The summed E-state index contributed by atoms with van der Waals surface area (Å²) in [5.74, 6) is -0.0826. The van der Waals surface area contributed by atoms with E-state index in [-0.39, 0.29) is 29.6 Å². The maximum Gasteiger partial charge on any atom is 0.246 e. The Morgan fingerprint density at radius 3 is 2.56 bits per heavy atom. The van der Waals surface area contributed by atoms with Crippen molar-refractivity contribution in [3.05, 3.63) is 89.5 Å². The van der Waals surface area contributed by atoms with Gasteiger partial charge in [0.2, 0.25) is 11.8 Å². The van der Waals surface area contributed by atoms with Gasteiger partial charge in [-0.25, -0.2) is 0 Å². The Kier molecular flexibility index (Phi) is 7.06. The standard InChI is InChI=1S/C30H32N2O3S/c1-19-6-5-9-27-25-17-22(21-7-3-2-4-8-21)12-13-23(25)18-26(30(35)32(19)27)31-29(34)28(36)16-20-10-14-24(33)15-11-20/h2-4,7-8,10-15,17,19,26-28,33,36H,5-6,9,16,18H2,1H3,(H,31,34)/t19-,26+,27-,28+/m1/s1. The van der Waals surface area contributed by atoms with E-state index in [2.05, 4.69) is 55.2 Å². The van der Waals surface area contributed by atoms with E-state index in [9.17, 15) is 14.7 Å². The molecular weight excluding hydrogens is 468 g/mol. The van der Waals surface area contributed by atoms with Crippen molar-refractivity contribution in [3.8, 4) is 16.9 Å². The van der Waals surface area contributed by atoms with Crippen LogP contribution in [0.1, 0.15) is 48.9 Å². The molecule has 2 N–H and O–H groups in total. The molecule has 0 aliphatic carbocycles. The van der Waals surface area contributed by atoms with Crippen molar-refractivity contribution in [2.24, 2.45) is 0 Å². The summed E-state index contributed by atoms with van der Waals surface area (Å²) >= 11 is 4.54. The van der Waals surface area contributed by atoms with Crippen LogP contribution in [0.4, 0.5) is 0 Å². The van der Waals surface area contributed by atoms with Crippen LogP contribution in [0.5, 0.6) is 5.75 Å². The Balaban J connectivity index is 1.42. The first-order valence-electron chi connectivity index (χ1n) is 12.7. The van der Waals surface area contributed by atoms with Crippen LogP contribution >= 0.6 is 12.6 Å². The fourth-order valence-electron chi connectivity index (χ4n) is 5.59. The van der Waals surface area contributed by atoms with Crippen molar-refractivity contribution >= 4 is 24.4 Å². The largest absolute Gasteiger partial charge is 0.508 e. The molecule has 0 aromatic heterocycles. The molecule has 5 rings (SSSR count). The molecule has 186 valence electrons. The van der Waals surface area contributed by atoms with E-state index < -0.39 is 11.3 Å². The second kappa shape index (κ2) is 10.4. The third-order valence-corrected chi connectivity index (χ3v) is 7.90. The topological polar surface area (TPSA) is 69.6 Å². The number of aromatic hydroxyl groups is 1. The van der Waals surface area contributed by atoms with Crippen LogP contribution in [0, 0.1) is 0 Å². The van der Waals surface area contributed by atoms with Crippen molar-refractivity contribution < 1.29 is 14.7 Å². The Morgan fingerprint density at radius 1 is 1.06 bits per heavy atom. The summed E-state index contributed by atoms with van der Waals surface area (Å²) in [7, 11) is 0. The van der Waals surface area contributed by atoms with Gasteiger partial charge in [-0.1, -0.05) is 54.6 Å². The molecular formula is C30H32N2O3S. The zero-order valence-electron chi connectivity index (χ0n) is 20.4. The zero-order chi connectivity index (χ0) is 25.2. The van der Waals surface area contributed by atoms with E-state index in [1.54, 1.807) is 24.3 Å². The van der Waals surface area contributed by atoms with Gasteiger partial charge in [-0.15, -0.1) is 0 Å². The van der Waals surface area contributed by atoms with Gasteiger partial charge in [0.15, 0.2) is 0 Å². The second-order valence-electron chi connectivity index (χ2n) is 9.97.